The van der Waals surface area contributed by atoms with Crippen LogP contribution in [0.15, 0.2) is 61.1 Å². The van der Waals surface area contributed by atoms with E-state index in [9.17, 15) is 33.6 Å². The minimum absolute atomic E-state index is 0.0671. The van der Waals surface area contributed by atoms with Crippen molar-refractivity contribution in [2.75, 3.05) is 66.5 Å². The number of carbonyl (C=O) groups is 5. The summed E-state index contributed by atoms with van der Waals surface area (Å²) in [7, 11) is -7.83. The van der Waals surface area contributed by atoms with Gasteiger partial charge in [0, 0.05) is 91.4 Å². The Morgan fingerprint density at radius 3 is 2.38 bits per heavy atom. The highest BCUT2D eigenvalue weighted by molar-refractivity contribution is 7.46. The predicted molar refractivity (Wildman–Crippen MR) is 282 cm³/mol. The number of thiophene rings is 1. The third-order valence-electron chi connectivity index (χ3n) is 15.8. The summed E-state index contributed by atoms with van der Waals surface area (Å²) < 4.78 is 44.6. The number of aryl methyl sites for hydroxylation is 1. The van der Waals surface area contributed by atoms with E-state index < -0.39 is 57.9 Å². The van der Waals surface area contributed by atoms with Gasteiger partial charge in [-0.25, -0.2) is 19.5 Å². The minimum Gasteiger partial charge on any atom is -0.480 e. The van der Waals surface area contributed by atoms with Crippen LogP contribution in [0.1, 0.15) is 108 Å². The number of nitrogens with one attached hydrogen (secondary N) is 1. The number of ether oxygens (including phenoxy) is 1. The molecule has 398 valence electrons. The third-order valence-corrected chi connectivity index (χ3v) is 17.5. The van der Waals surface area contributed by atoms with Crippen molar-refractivity contribution in [2.45, 2.75) is 102 Å². The van der Waals surface area contributed by atoms with Crippen LogP contribution in [0.5, 0.6) is 5.88 Å². The van der Waals surface area contributed by atoms with Crippen LogP contribution in [0, 0.1) is 0 Å². The van der Waals surface area contributed by atoms with Crippen molar-refractivity contribution in [1.82, 2.24) is 29.7 Å². The van der Waals surface area contributed by atoms with E-state index in [1.807, 2.05) is 6.07 Å². The van der Waals surface area contributed by atoms with Crippen LogP contribution in [0.4, 0.5) is 28.7 Å². The first-order valence-electron chi connectivity index (χ1n) is 27.0. The normalized spacial score (nSPS) is 23.0. The number of aliphatic hydroxyl groups excluding tert-OH is 1. The number of piperazine rings is 1. The first kappa shape index (κ1) is 47.8. The monoisotopic (exact) mass is 1080 g/mol. The Kier molecular flexibility index (Phi) is 13.0. The lowest BCUT2D eigenvalue weighted by Crippen LogP contribution is -2.58. The highest BCUT2D eigenvalue weighted by Gasteiger charge is 2.48. The van der Waals surface area contributed by atoms with Crippen molar-refractivity contribution in [3.63, 3.8) is 0 Å². The van der Waals surface area contributed by atoms with Crippen LogP contribution in [0.2, 0.25) is 0 Å². The fraction of sp³-hybridized carbons (Fsp3) is 0.434. The number of anilines is 5. The van der Waals surface area contributed by atoms with Crippen LogP contribution in [-0.4, -0.2) is 145 Å². The Morgan fingerprint density at radius 1 is 0.816 bits per heavy atom. The van der Waals surface area contributed by atoms with Gasteiger partial charge in [0.25, 0.3) is 23.6 Å². The summed E-state index contributed by atoms with van der Waals surface area (Å²) in [5.41, 5.74) is 6.15. The maximum absolute atomic E-state index is 14.1. The van der Waals surface area contributed by atoms with E-state index >= 15 is 0 Å². The van der Waals surface area contributed by atoms with Crippen molar-refractivity contribution < 1.29 is 56.8 Å². The number of fused-ring (bicyclic) bond motifs is 4. The van der Waals surface area contributed by atoms with Crippen LogP contribution in [0.25, 0.3) is 11.1 Å². The molecular formula is C53H59N10O11PS. The largest absolute Gasteiger partial charge is 0.480 e. The molecule has 0 spiro atoms. The molecular weight excluding hydrogens is 1020 g/mol. The summed E-state index contributed by atoms with van der Waals surface area (Å²) in [5.74, 6) is -2.59. The molecule has 21 nitrogen and oxygen atoms in total. The van der Waals surface area contributed by atoms with E-state index in [0.717, 1.165) is 84.9 Å². The molecule has 5 aromatic rings. The summed E-state index contributed by atoms with van der Waals surface area (Å²) in [4.78, 5) is 111. The second-order valence-corrected chi connectivity index (χ2v) is 22.5. The molecule has 4 aromatic heterocycles. The number of amides is 5. The Bertz CT molecular complexity index is 3320. The van der Waals surface area contributed by atoms with E-state index in [-0.39, 0.29) is 59.6 Å². The number of imide groups is 2. The molecule has 11 rings (SSSR count). The van der Waals surface area contributed by atoms with Gasteiger partial charge in [-0.1, -0.05) is 0 Å². The molecule has 0 bridgehead atoms. The van der Waals surface area contributed by atoms with Crippen LogP contribution in [-0.2, 0) is 44.5 Å². The number of phosphoric ester groups is 1. The Hall–Kier alpha value is -6.65. The maximum atomic E-state index is 14.1. The smallest absolute Gasteiger partial charge is 0.471 e. The SMILES string of the molecule is [2H]C([2H])([2H])Oc1ncc(-c2ccnc(N3CCc4c(sc5c4CCCC5)C3=O)c2CO)cc1Nc1ccc(N2CCN(C3CCN(c4ccc5c(c4)C(=O)N(C4CCC(=O)N(COP(=O)(O)O)C4=O)C5=O)[C@@H](C)C3)C[C@@H]2C)cn1. The highest BCUT2D eigenvalue weighted by Crippen LogP contribution is 2.42. The van der Waals surface area contributed by atoms with Gasteiger partial charge < -0.3 is 34.7 Å². The summed E-state index contributed by atoms with van der Waals surface area (Å²) in [6, 6.07) is 11.3. The molecule has 6 aliphatic rings. The molecule has 2 unspecified atom stereocenters. The molecule has 76 heavy (non-hydrogen) atoms. The topological polar surface area (TPSA) is 252 Å². The predicted octanol–water partition coefficient (Wildman–Crippen LogP) is 5.67. The Labute approximate surface area is 446 Å². The van der Waals surface area contributed by atoms with Gasteiger partial charge in [-0.05, 0) is 124 Å². The number of piperidine rings is 2. The number of methoxy groups -OCH3 is 1. The van der Waals surface area contributed by atoms with Crippen molar-refractivity contribution >= 4 is 77.4 Å². The molecule has 0 saturated carbocycles. The summed E-state index contributed by atoms with van der Waals surface area (Å²) in [6.45, 7) is 6.30. The number of hydrogen-bond donors (Lipinski definition) is 4. The van der Waals surface area contributed by atoms with E-state index in [0.29, 0.717) is 52.7 Å². The number of pyridine rings is 3. The molecule has 5 amide bonds. The van der Waals surface area contributed by atoms with Crippen LogP contribution >= 0.6 is 19.2 Å². The van der Waals surface area contributed by atoms with Crippen LogP contribution in [0.3, 0.4) is 0 Å². The lowest BCUT2D eigenvalue weighted by molar-refractivity contribution is -0.155. The Balaban J connectivity index is 0.730. The van der Waals surface area contributed by atoms with Gasteiger partial charge in [-0.2, -0.15) is 0 Å². The minimum atomic E-state index is -5.02. The quantitative estimate of drug-likeness (QED) is 0.0818. The van der Waals surface area contributed by atoms with Crippen molar-refractivity contribution in [3.8, 4) is 17.0 Å². The second kappa shape index (κ2) is 20.7. The van der Waals surface area contributed by atoms with E-state index in [1.54, 1.807) is 65.0 Å². The van der Waals surface area contributed by atoms with Gasteiger partial charge in [0.05, 0.1) is 45.6 Å². The highest BCUT2D eigenvalue weighted by atomic mass is 32.1. The number of carbonyl (C=O) groups excluding carboxylic acids is 5. The number of hydrogen-bond acceptors (Lipinski definition) is 17. The van der Waals surface area contributed by atoms with Gasteiger partial charge in [0.1, 0.15) is 30.1 Å². The fourth-order valence-electron chi connectivity index (χ4n) is 12.0. The van der Waals surface area contributed by atoms with E-state index in [4.69, 9.17) is 23.6 Å². The summed E-state index contributed by atoms with van der Waals surface area (Å²) in [6.07, 6.45) is 11.1. The number of nitrogens with zero attached hydrogens (tertiary/aromatic N) is 9. The standard InChI is InChI=1S/C53H59N10O11PS/c1-30-22-33(15-18-59(30)34-8-10-39-40(24-34)51(67)63(50(39)66)43-11-13-46(65)62(52(43)68)29-74-75(70,71)72)58-20-21-60(31(2)27-58)35-9-12-45(55-26-35)57-42-23-32(25-56-49(42)73-3)36-14-17-54-48(41(36)28-64)61-19-16-38-37-6-4-5-7-44(37)76-47(38)53(61)69/h8-10,12,14,17,23-26,30-31,33,43,64H,4-7,11,13,15-16,18-22,27-29H2,1-3H3,(H,55,57)(H2,70,71,72)/t30-,31-,33?,43?/m0/s1/i3D3. The number of aromatic nitrogens is 3. The van der Waals surface area contributed by atoms with Crippen LogP contribution < -0.4 is 24.8 Å². The van der Waals surface area contributed by atoms with E-state index in [2.05, 4.69) is 48.4 Å². The number of benzene rings is 1. The van der Waals surface area contributed by atoms with Gasteiger partial charge in [-0.3, -0.25) is 48.1 Å². The van der Waals surface area contributed by atoms with Gasteiger partial charge in [-0.15, -0.1) is 11.3 Å². The molecule has 1 aliphatic carbocycles. The zero-order valence-corrected chi connectivity index (χ0v) is 43.6. The summed E-state index contributed by atoms with van der Waals surface area (Å²) >= 11 is 1.58. The molecule has 3 fully saturated rings. The van der Waals surface area contributed by atoms with E-state index in [1.165, 1.54) is 16.6 Å². The molecule has 4 atom stereocenters. The zero-order chi connectivity index (χ0) is 55.7. The molecule has 4 N–H and O–H groups in total. The van der Waals surface area contributed by atoms with Gasteiger partial charge >= 0.3 is 7.82 Å². The van der Waals surface area contributed by atoms with Crippen molar-refractivity contribution in [2.24, 2.45) is 0 Å². The first-order chi connectivity index (χ1) is 37.7. The number of phosphoric acid groups is 1. The molecule has 23 heteroatoms. The summed E-state index contributed by atoms with van der Waals surface area (Å²) in [5, 5.41) is 14.1. The molecule has 9 heterocycles. The molecule has 5 aliphatic heterocycles. The average molecular weight is 1080 g/mol. The van der Waals surface area contributed by atoms with Crippen molar-refractivity contribution in [3.05, 3.63) is 98.6 Å². The fourth-order valence-corrected chi connectivity index (χ4v) is 13.7. The van der Waals surface area contributed by atoms with Crippen molar-refractivity contribution in [1.29, 1.82) is 0 Å². The lowest BCUT2D eigenvalue weighted by Gasteiger charge is -2.48. The van der Waals surface area contributed by atoms with Gasteiger partial charge in [0.2, 0.25) is 11.8 Å². The number of aliphatic hydroxyl groups is 1. The first-order valence-corrected chi connectivity index (χ1v) is 27.9. The number of likely N-dealkylation sites (tertiary alicyclic amines) is 1. The Morgan fingerprint density at radius 2 is 1.62 bits per heavy atom. The molecule has 3 saturated heterocycles. The molecule has 1 aromatic carbocycles. The maximum Gasteiger partial charge on any atom is 0.471 e. The third kappa shape index (κ3) is 9.53. The second-order valence-electron chi connectivity index (χ2n) is 20.2. The average Bonchev–Trinajstić information content (AvgIpc) is 4.15. The van der Waals surface area contributed by atoms with Gasteiger partial charge in [0.15, 0.2) is 0 Å². The zero-order valence-electron chi connectivity index (χ0n) is 44.9. The molecule has 0 radical (unpaired) electrons. The lowest BCUT2D eigenvalue weighted by atomic mass is 9.92. The number of rotatable bonds is 13.